The molecule has 0 bridgehead atoms. The number of nitrogens with two attached hydrogens (primary N) is 1. The molecule has 2 aromatic heterocycles. The van der Waals surface area contributed by atoms with E-state index in [1.54, 1.807) is 0 Å². The van der Waals surface area contributed by atoms with Crippen LogP contribution in [0.15, 0.2) is 57.4 Å². The molecule has 3 rings (SSSR count). The molecule has 0 aliphatic rings. The predicted molar refractivity (Wildman–Crippen MR) is 117 cm³/mol. The van der Waals surface area contributed by atoms with E-state index in [2.05, 4.69) is 4.98 Å². The first-order chi connectivity index (χ1) is 14.0. The average molecular weight is 413 g/mol. The third-order valence-corrected chi connectivity index (χ3v) is 5.49. The van der Waals surface area contributed by atoms with E-state index in [-0.39, 0.29) is 30.4 Å². The maximum Gasteiger partial charge on any atom is 0.330 e. The molecule has 0 radical (unpaired) electrons. The third kappa shape index (κ3) is 4.83. The van der Waals surface area contributed by atoms with Gasteiger partial charge >= 0.3 is 5.69 Å². The minimum Gasteiger partial charge on any atom is -0.383 e. The zero-order valence-corrected chi connectivity index (χ0v) is 17.1. The first-order valence-corrected chi connectivity index (χ1v) is 10.4. The Morgan fingerprint density at radius 1 is 1.17 bits per heavy atom. The van der Waals surface area contributed by atoms with E-state index in [4.69, 9.17) is 5.73 Å². The molecule has 1 amide bonds. The lowest BCUT2D eigenvalue weighted by Gasteiger charge is -2.24. The van der Waals surface area contributed by atoms with Gasteiger partial charge in [0.2, 0.25) is 5.91 Å². The second-order valence-electron chi connectivity index (χ2n) is 6.72. The summed E-state index contributed by atoms with van der Waals surface area (Å²) in [4.78, 5) is 42.7. The van der Waals surface area contributed by atoms with Gasteiger partial charge in [0, 0.05) is 11.4 Å². The fourth-order valence-electron chi connectivity index (χ4n) is 3.10. The molecule has 8 heteroatoms. The zero-order chi connectivity index (χ0) is 20.8. The number of nitrogens with one attached hydrogen (secondary N) is 1. The molecule has 0 fully saturated rings. The maximum absolute atomic E-state index is 13.0. The summed E-state index contributed by atoms with van der Waals surface area (Å²) in [7, 11) is 0. The number of H-pyrrole nitrogens is 1. The highest BCUT2D eigenvalue weighted by Gasteiger charge is 2.24. The van der Waals surface area contributed by atoms with Gasteiger partial charge in [-0.05, 0) is 23.4 Å². The summed E-state index contributed by atoms with van der Waals surface area (Å²) in [5.74, 6) is -0.221. The van der Waals surface area contributed by atoms with Crippen LogP contribution >= 0.6 is 11.3 Å². The molecule has 0 unspecified atom stereocenters. The number of hydrogen-bond acceptors (Lipinski definition) is 5. The Balaban J connectivity index is 2.02. The number of carbonyl (C=O) groups excluding carboxylic acids is 1. The first kappa shape index (κ1) is 20.6. The van der Waals surface area contributed by atoms with Gasteiger partial charge in [0.25, 0.3) is 5.56 Å². The summed E-state index contributed by atoms with van der Waals surface area (Å²) in [6, 6.07) is 13.1. The molecule has 0 atom stereocenters. The molecule has 0 aliphatic carbocycles. The molecule has 7 nitrogen and oxygen atoms in total. The van der Waals surface area contributed by atoms with Crippen LogP contribution in [0.25, 0.3) is 0 Å². The number of anilines is 2. The van der Waals surface area contributed by atoms with Crippen molar-refractivity contribution in [3.8, 4) is 0 Å². The van der Waals surface area contributed by atoms with Crippen LogP contribution in [-0.2, 0) is 17.8 Å². The molecule has 152 valence electrons. The molecular formula is C21H24N4O3S. The van der Waals surface area contributed by atoms with Gasteiger partial charge in [0.1, 0.15) is 5.82 Å². The van der Waals surface area contributed by atoms with Crippen molar-refractivity contribution in [3.63, 3.8) is 0 Å². The maximum atomic E-state index is 13.0. The summed E-state index contributed by atoms with van der Waals surface area (Å²) in [5.41, 5.74) is 5.93. The normalized spacial score (nSPS) is 10.8. The van der Waals surface area contributed by atoms with Crippen LogP contribution in [0.1, 0.15) is 30.2 Å². The van der Waals surface area contributed by atoms with Gasteiger partial charge in [0.05, 0.1) is 13.0 Å². The monoisotopic (exact) mass is 412 g/mol. The first-order valence-electron chi connectivity index (χ1n) is 9.50. The van der Waals surface area contributed by atoms with E-state index in [1.165, 1.54) is 20.8 Å². The van der Waals surface area contributed by atoms with Crippen molar-refractivity contribution >= 4 is 28.7 Å². The largest absolute Gasteiger partial charge is 0.383 e. The van der Waals surface area contributed by atoms with Gasteiger partial charge in [-0.1, -0.05) is 49.7 Å². The Morgan fingerprint density at radius 2 is 1.93 bits per heavy atom. The molecule has 3 aromatic rings. The van der Waals surface area contributed by atoms with E-state index in [0.717, 1.165) is 16.9 Å². The molecule has 29 heavy (non-hydrogen) atoms. The molecule has 0 saturated carbocycles. The third-order valence-electron chi connectivity index (χ3n) is 4.61. The predicted octanol–water partition coefficient (Wildman–Crippen LogP) is 2.60. The quantitative estimate of drug-likeness (QED) is 0.594. The highest BCUT2D eigenvalue weighted by atomic mass is 32.1. The van der Waals surface area contributed by atoms with Gasteiger partial charge in [-0.15, -0.1) is 11.3 Å². The number of thiophene rings is 1. The number of aromatic amines is 1. The van der Waals surface area contributed by atoms with Crippen molar-refractivity contribution in [3.05, 3.63) is 79.1 Å². The minimum absolute atomic E-state index is 0.00163. The Hall–Kier alpha value is -3.13. The zero-order valence-electron chi connectivity index (χ0n) is 16.3. The van der Waals surface area contributed by atoms with Crippen molar-refractivity contribution < 1.29 is 4.79 Å². The van der Waals surface area contributed by atoms with Gasteiger partial charge in [0.15, 0.2) is 5.69 Å². The number of carbonyl (C=O) groups is 1. The van der Waals surface area contributed by atoms with Crippen LogP contribution in [0, 0.1) is 0 Å². The number of aromatic nitrogens is 2. The lowest BCUT2D eigenvalue weighted by molar-refractivity contribution is -0.118. The second kappa shape index (κ2) is 9.38. The van der Waals surface area contributed by atoms with Crippen molar-refractivity contribution in [2.75, 3.05) is 17.2 Å². The summed E-state index contributed by atoms with van der Waals surface area (Å²) in [6.07, 6.45) is 1.75. The molecule has 0 saturated heterocycles. The van der Waals surface area contributed by atoms with Crippen LogP contribution in [0.3, 0.4) is 0 Å². The van der Waals surface area contributed by atoms with E-state index in [9.17, 15) is 14.4 Å². The lowest BCUT2D eigenvalue weighted by Crippen LogP contribution is -2.42. The number of benzene rings is 1. The highest BCUT2D eigenvalue weighted by molar-refractivity contribution is 7.10. The Morgan fingerprint density at radius 3 is 2.59 bits per heavy atom. The van der Waals surface area contributed by atoms with Crippen molar-refractivity contribution in [1.29, 1.82) is 0 Å². The number of amides is 1. The summed E-state index contributed by atoms with van der Waals surface area (Å²) < 4.78 is 1.30. The van der Waals surface area contributed by atoms with Crippen LogP contribution < -0.4 is 21.9 Å². The number of hydrogen-bond donors (Lipinski definition) is 2. The summed E-state index contributed by atoms with van der Waals surface area (Å²) in [5, 5.41) is 1.90. The van der Waals surface area contributed by atoms with Gasteiger partial charge in [-0.3, -0.25) is 19.1 Å². The van der Waals surface area contributed by atoms with Gasteiger partial charge < -0.3 is 10.6 Å². The van der Waals surface area contributed by atoms with Gasteiger partial charge in [-0.2, -0.15) is 0 Å². The minimum atomic E-state index is -0.646. The molecular weight excluding hydrogens is 388 g/mol. The van der Waals surface area contributed by atoms with Crippen LogP contribution in [0.4, 0.5) is 11.5 Å². The summed E-state index contributed by atoms with van der Waals surface area (Å²) >= 11 is 1.48. The average Bonchev–Trinajstić information content (AvgIpc) is 3.21. The van der Waals surface area contributed by atoms with Gasteiger partial charge in [-0.25, -0.2) is 4.79 Å². The van der Waals surface area contributed by atoms with E-state index < -0.39 is 11.2 Å². The van der Waals surface area contributed by atoms with Crippen molar-refractivity contribution in [2.45, 2.75) is 32.7 Å². The van der Waals surface area contributed by atoms with E-state index in [1.807, 2.05) is 54.8 Å². The number of nitrogens with zero attached hydrogens (tertiary/aromatic N) is 2. The SMILES string of the molecule is CCCCN(C(=O)Cc1cccs1)c1c(N)n(Cc2ccccc2)c(=O)[nH]c1=O. The topological polar surface area (TPSA) is 101 Å². The van der Waals surface area contributed by atoms with E-state index >= 15 is 0 Å². The Labute approximate surface area is 172 Å². The second-order valence-corrected chi connectivity index (χ2v) is 7.75. The van der Waals surface area contributed by atoms with Crippen LogP contribution in [0.2, 0.25) is 0 Å². The fourth-order valence-corrected chi connectivity index (χ4v) is 3.79. The standard InChI is InChI=1S/C21H24N4O3S/c1-2-3-11-24(17(26)13-16-10-7-12-29-16)18-19(22)25(21(28)23-20(18)27)14-15-8-5-4-6-9-15/h4-10,12H,2-3,11,13-14,22H2,1H3,(H,23,27,28). The smallest absolute Gasteiger partial charge is 0.330 e. The summed E-state index contributed by atoms with van der Waals surface area (Å²) in [6.45, 7) is 2.57. The Kier molecular flexibility index (Phi) is 6.66. The molecule has 0 spiro atoms. The number of unbranched alkanes of at least 4 members (excludes halogenated alkanes) is 1. The van der Waals surface area contributed by atoms with Crippen LogP contribution in [-0.4, -0.2) is 22.0 Å². The molecule has 1 aromatic carbocycles. The Bertz CT molecular complexity index is 1070. The molecule has 2 heterocycles. The van der Waals surface area contributed by atoms with Crippen molar-refractivity contribution in [2.24, 2.45) is 0 Å². The molecule has 0 aliphatic heterocycles. The van der Waals surface area contributed by atoms with Crippen LogP contribution in [0.5, 0.6) is 0 Å². The lowest BCUT2D eigenvalue weighted by atomic mass is 10.2. The fraction of sp³-hybridized carbons (Fsp3) is 0.286. The highest BCUT2D eigenvalue weighted by Crippen LogP contribution is 2.20. The molecule has 3 N–H and O–H groups in total. The van der Waals surface area contributed by atoms with E-state index in [0.29, 0.717) is 13.0 Å². The number of rotatable bonds is 8. The van der Waals surface area contributed by atoms with Crippen molar-refractivity contribution in [1.82, 2.24) is 9.55 Å². The number of nitrogen functional groups attached to an aromatic ring is 1.